The van der Waals surface area contributed by atoms with Crippen LogP contribution in [0.3, 0.4) is 0 Å². The molecule has 2 rings (SSSR count). The summed E-state index contributed by atoms with van der Waals surface area (Å²) in [6.45, 7) is 2.12. The van der Waals surface area contributed by atoms with Gasteiger partial charge >= 0.3 is 5.97 Å². The van der Waals surface area contributed by atoms with E-state index in [1.807, 2.05) is 0 Å². The molecule has 21 heavy (non-hydrogen) atoms. The molecular formula is C15H19FN2O3. The first-order valence-electron chi connectivity index (χ1n) is 7.11. The minimum absolute atomic E-state index is 0.0493. The van der Waals surface area contributed by atoms with Crippen molar-refractivity contribution in [2.24, 2.45) is 0 Å². The van der Waals surface area contributed by atoms with Crippen LogP contribution in [0, 0.1) is 5.82 Å². The normalized spacial score (nSPS) is 18.7. The summed E-state index contributed by atoms with van der Waals surface area (Å²) in [7, 11) is 0. The van der Waals surface area contributed by atoms with Gasteiger partial charge < -0.3 is 4.74 Å². The number of hydrazine groups is 1. The number of anilines is 1. The molecule has 0 spiro atoms. The molecule has 1 fully saturated rings. The highest BCUT2D eigenvalue weighted by Gasteiger charge is 2.28. The van der Waals surface area contributed by atoms with E-state index in [1.54, 1.807) is 25.1 Å². The lowest BCUT2D eigenvalue weighted by Gasteiger charge is -2.33. The van der Waals surface area contributed by atoms with Crippen molar-refractivity contribution in [2.45, 2.75) is 38.6 Å². The first-order valence-corrected chi connectivity index (χ1v) is 7.11. The highest BCUT2D eigenvalue weighted by Crippen LogP contribution is 2.23. The molecule has 0 radical (unpaired) electrons. The second kappa shape index (κ2) is 7.17. The lowest BCUT2D eigenvalue weighted by Crippen LogP contribution is -2.53. The monoisotopic (exact) mass is 294 g/mol. The van der Waals surface area contributed by atoms with Crippen LogP contribution in [0.2, 0.25) is 0 Å². The Morgan fingerprint density at radius 2 is 2.24 bits per heavy atom. The average Bonchev–Trinajstić information content (AvgIpc) is 2.47. The fourth-order valence-corrected chi connectivity index (χ4v) is 2.30. The number of nitrogens with zero attached hydrogens (tertiary/aromatic N) is 1. The Kier molecular flexibility index (Phi) is 5.27. The topological polar surface area (TPSA) is 58.6 Å². The van der Waals surface area contributed by atoms with Gasteiger partial charge in [-0.2, -0.15) is 0 Å². The summed E-state index contributed by atoms with van der Waals surface area (Å²) in [5, 5.41) is 1.24. The molecule has 1 saturated heterocycles. The van der Waals surface area contributed by atoms with Gasteiger partial charge in [0.2, 0.25) is 5.91 Å². The van der Waals surface area contributed by atoms with E-state index in [0.29, 0.717) is 25.9 Å². The van der Waals surface area contributed by atoms with Crippen molar-refractivity contribution in [1.82, 2.24) is 5.43 Å². The highest BCUT2D eigenvalue weighted by atomic mass is 19.1. The number of hydrogen-bond acceptors (Lipinski definition) is 4. The molecule has 1 unspecified atom stereocenters. The van der Waals surface area contributed by atoms with Crippen LogP contribution in [-0.4, -0.2) is 24.5 Å². The van der Waals surface area contributed by atoms with Crippen molar-refractivity contribution < 1.29 is 18.7 Å². The number of halogens is 1. The number of benzene rings is 1. The zero-order valence-corrected chi connectivity index (χ0v) is 12.0. The van der Waals surface area contributed by atoms with E-state index in [2.05, 4.69) is 5.43 Å². The van der Waals surface area contributed by atoms with Crippen molar-refractivity contribution in [3.05, 3.63) is 30.1 Å². The van der Waals surface area contributed by atoms with Crippen molar-refractivity contribution in [2.75, 3.05) is 11.6 Å². The van der Waals surface area contributed by atoms with Crippen LogP contribution in [0.4, 0.5) is 10.1 Å². The second-order valence-electron chi connectivity index (χ2n) is 4.89. The van der Waals surface area contributed by atoms with Crippen LogP contribution in [0.1, 0.15) is 32.6 Å². The average molecular weight is 294 g/mol. The molecule has 5 nitrogen and oxygen atoms in total. The van der Waals surface area contributed by atoms with Crippen molar-refractivity contribution in [3.63, 3.8) is 0 Å². The summed E-state index contributed by atoms with van der Waals surface area (Å²) < 4.78 is 18.7. The predicted octanol–water partition coefficient (Wildman–Crippen LogP) is 2.17. The molecule has 0 aliphatic carbocycles. The number of para-hydroxylation sites is 1. The van der Waals surface area contributed by atoms with Crippen LogP contribution in [-0.2, 0) is 14.3 Å². The molecule has 1 aromatic carbocycles. The Hall–Kier alpha value is -1.95. The fourth-order valence-electron chi connectivity index (χ4n) is 2.30. The van der Waals surface area contributed by atoms with Crippen LogP contribution in [0.15, 0.2) is 24.3 Å². The molecule has 0 bridgehead atoms. The maximum absolute atomic E-state index is 13.8. The SMILES string of the molecule is CCOC(=O)CCC1CCC(=O)N(c2ccccc2F)N1. The van der Waals surface area contributed by atoms with Gasteiger partial charge in [-0.25, -0.2) is 14.8 Å². The smallest absolute Gasteiger partial charge is 0.305 e. The fraction of sp³-hybridized carbons (Fsp3) is 0.467. The third kappa shape index (κ3) is 4.01. The van der Waals surface area contributed by atoms with E-state index in [-0.39, 0.29) is 30.0 Å². The Morgan fingerprint density at radius 1 is 1.48 bits per heavy atom. The molecule has 6 heteroatoms. The number of carbonyl (C=O) groups is 2. The summed E-state index contributed by atoms with van der Waals surface area (Å²) in [5.41, 5.74) is 3.21. The lowest BCUT2D eigenvalue weighted by atomic mass is 10.0. The van der Waals surface area contributed by atoms with Crippen LogP contribution < -0.4 is 10.4 Å². The molecule has 0 aromatic heterocycles. The third-order valence-electron chi connectivity index (χ3n) is 3.36. The molecule has 1 amide bonds. The number of ether oxygens (including phenoxy) is 1. The van der Waals surface area contributed by atoms with E-state index in [1.165, 1.54) is 11.1 Å². The molecule has 1 aliphatic heterocycles. The van der Waals surface area contributed by atoms with Gasteiger partial charge in [-0.1, -0.05) is 12.1 Å². The molecule has 0 saturated carbocycles. The Labute approximate surface area is 123 Å². The molecule has 114 valence electrons. The van der Waals surface area contributed by atoms with Crippen molar-refractivity contribution in [1.29, 1.82) is 0 Å². The first-order chi connectivity index (χ1) is 10.1. The Morgan fingerprint density at radius 3 is 2.95 bits per heavy atom. The van der Waals surface area contributed by atoms with E-state index in [4.69, 9.17) is 4.74 Å². The van der Waals surface area contributed by atoms with Crippen LogP contribution in [0.25, 0.3) is 0 Å². The van der Waals surface area contributed by atoms with Gasteiger partial charge in [-0.3, -0.25) is 9.59 Å². The minimum atomic E-state index is -0.454. The summed E-state index contributed by atoms with van der Waals surface area (Å²) in [6.07, 6.45) is 1.79. The maximum atomic E-state index is 13.8. The van der Waals surface area contributed by atoms with Crippen LogP contribution in [0.5, 0.6) is 0 Å². The molecular weight excluding hydrogens is 275 g/mol. The first kappa shape index (κ1) is 15.4. The maximum Gasteiger partial charge on any atom is 0.305 e. The molecule has 1 N–H and O–H groups in total. The van der Waals surface area contributed by atoms with Gasteiger partial charge in [-0.15, -0.1) is 0 Å². The summed E-state index contributed by atoms with van der Waals surface area (Å²) in [5.74, 6) is -0.884. The molecule has 1 aromatic rings. The Balaban J connectivity index is 1.98. The standard InChI is InChI=1S/C15H19FN2O3/c1-2-21-15(20)10-8-11-7-9-14(19)18(17-11)13-6-4-3-5-12(13)16/h3-6,11,17H,2,7-10H2,1H3. The highest BCUT2D eigenvalue weighted by molar-refractivity contribution is 5.93. The third-order valence-corrected chi connectivity index (χ3v) is 3.36. The van der Waals surface area contributed by atoms with E-state index < -0.39 is 5.82 Å². The second-order valence-corrected chi connectivity index (χ2v) is 4.89. The van der Waals surface area contributed by atoms with Gasteiger partial charge in [0.25, 0.3) is 0 Å². The van der Waals surface area contributed by atoms with Gasteiger partial charge in [0.1, 0.15) is 5.82 Å². The molecule has 1 aliphatic rings. The number of amides is 1. The number of rotatable bonds is 5. The van der Waals surface area contributed by atoms with Crippen LogP contribution >= 0.6 is 0 Å². The zero-order chi connectivity index (χ0) is 15.2. The molecule has 1 atom stereocenters. The summed E-state index contributed by atoms with van der Waals surface area (Å²) in [4.78, 5) is 23.3. The van der Waals surface area contributed by atoms with Crippen molar-refractivity contribution in [3.8, 4) is 0 Å². The predicted molar refractivity (Wildman–Crippen MR) is 75.9 cm³/mol. The number of hydrogen-bond donors (Lipinski definition) is 1. The lowest BCUT2D eigenvalue weighted by molar-refractivity contribution is -0.143. The van der Waals surface area contributed by atoms with Gasteiger partial charge in [0, 0.05) is 18.9 Å². The number of nitrogens with one attached hydrogen (secondary N) is 1. The van der Waals surface area contributed by atoms with E-state index >= 15 is 0 Å². The minimum Gasteiger partial charge on any atom is -0.466 e. The number of esters is 1. The van der Waals surface area contributed by atoms with Crippen molar-refractivity contribution >= 4 is 17.6 Å². The largest absolute Gasteiger partial charge is 0.466 e. The van der Waals surface area contributed by atoms with E-state index in [0.717, 1.165) is 0 Å². The summed E-state index contributed by atoms with van der Waals surface area (Å²) in [6, 6.07) is 6.06. The molecule has 1 heterocycles. The van der Waals surface area contributed by atoms with Gasteiger partial charge in [-0.05, 0) is 31.9 Å². The summed E-state index contributed by atoms with van der Waals surface area (Å²) >= 11 is 0. The quantitative estimate of drug-likeness (QED) is 0.846. The van der Waals surface area contributed by atoms with Gasteiger partial charge in [0.05, 0.1) is 12.3 Å². The number of carbonyl (C=O) groups excluding carboxylic acids is 2. The van der Waals surface area contributed by atoms with Gasteiger partial charge in [0.15, 0.2) is 0 Å². The zero-order valence-electron chi connectivity index (χ0n) is 12.0. The Bertz CT molecular complexity index is 521. The van der Waals surface area contributed by atoms with E-state index in [9.17, 15) is 14.0 Å².